The number of halogens is 4. The zero-order chi connectivity index (χ0) is 22.7. The number of hydrogen-bond donors (Lipinski definition) is 1. The highest BCUT2D eigenvalue weighted by atomic mass is 35.5. The Hall–Kier alpha value is -3.73. The molecule has 164 valence electrons. The Kier molecular flexibility index (Phi) is 5.91. The Morgan fingerprint density at radius 3 is 2.59 bits per heavy atom. The Bertz CT molecular complexity index is 1240. The molecule has 0 aliphatic carbocycles. The number of carbonyl (C=O) groups is 1. The van der Waals surface area contributed by atoms with Gasteiger partial charge in [-0.05, 0) is 30.3 Å². The van der Waals surface area contributed by atoms with Crippen molar-refractivity contribution in [3.63, 3.8) is 0 Å². The fourth-order valence-electron chi connectivity index (χ4n) is 2.70. The van der Waals surface area contributed by atoms with E-state index in [-0.39, 0.29) is 23.5 Å². The van der Waals surface area contributed by atoms with Crippen LogP contribution in [0.2, 0.25) is 5.02 Å². The summed E-state index contributed by atoms with van der Waals surface area (Å²) in [5, 5.41) is 6.57. The van der Waals surface area contributed by atoms with Crippen molar-refractivity contribution in [2.24, 2.45) is 0 Å². The zero-order valence-corrected chi connectivity index (χ0v) is 16.8. The van der Waals surface area contributed by atoms with Crippen LogP contribution in [0.4, 0.5) is 13.2 Å². The number of aromatic nitrogens is 4. The molecule has 4 rings (SSSR count). The minimum Gasteiger partial charge on any atom is -0.444 e. The average molecular weight is 464 g/mol. The van der Waals surface area contributed by atoms with E-state index in [2.05, 4.69) is 29.9 Å². The van der Waals surface area contributed by atoms with Gasteiger partial charge in [0.05, 0.1) is 11.3 Å². The summed E-state index contributed by atoms with van der Waals surface area (Å²) in [7, 11) is 0. The molecule has 12 heteroatoms. The molecule has 0 fully saturated rings. The molecule has 0 spiro atoms. The van der Waals surface area contributed by atoms with E-state index in [4.69, 9.17) is 16.0 Å². The van der Waals surface area contributed by atoms with E-state index in [0.29, 0.717) is 23.0 Å². The molecule has 4 aromatic rings. The van der Waals surface area contributed by atoms with Gasteiger partial charge in [-0.1, -0.05) is 16.8 Å². The molecule has 1 N–H and O–H groups in total. The van der Waals surface area contributed by atoms with E-state index in [1.54, 1.807) is 24.3 Å². The molecule has 0 saturated carbocycles. The molecule has 8 nitrogen and oxygen atoms in total. The van der Waals surface area contributed by atoms with Crippen LogP contribution >= 0.6 is 11.6 Å². The van der Waals surface area contributed by atoms with E-state index in [0.717, 1.165) is 5.56 Å². The van der Waals surface area contributed by atoms with E-state index < -0.39 is 18.0 Å². The van der Waals surface area contributed by atoms with Crippen molar-refractivity contribution in [1.29, 1.82) is 0 Å². The third-order valence-corrected chi connectivity index (χ3v) is 4.49. The number of oxazole rings is 1. The van der Waals surface area contributed by atoms with Crippen molar-refractivity contribution in [3.05, 3.63) is 71.2 Å². The molecule has 0 bridgehead atoms. The first kappa shape index (κ1) is 21.5. The fraction of sp³-hybridized carbons (Fsp3) is 0.150. The third kappa shape index (κ3) is 4.94. The van der Waals surface area contributed by atoms with Crippen LogP contribution in [0.5, 0.6) is 0 Å². The van der Waals surface area contributed by atoms with Crippen molar-refractivity contribution in [2.75, 3.05) is 6.54 Å². The summed E-state index contributed by atoms with van der Waals surface area (Å²) in [5.41, 5.74) is 1.64. The molecule has 1 amide bonds. The van der Waals surface area contributed by atoms with Gasteiger partial charge in [-0.2, -0.15) is 18.2 Å². The highest BCUT2D eigenvalue weighted by molar-refractivity contribution is 6.30. The summed E-state index contributed by atoms with van der Waals surface area (Å²) in [5.74, 6) is -1.84. The monoisotopic (exact) mass is 463 g/mol. The quantitative estimate of drug-likeness (QED) is 0.450. The van der Waals surface area contributed by atoms with Crippen molar-refractivity contribution in [2.45, 2.75) is 12.6 Å². The first-order valence-corrected chi connectivity index (χ1v) is 9.52. The second-order valence-corrected chi connectivity index (χ2v) is 6.98. The smallest absolute Gasteiger partial charge is 0.444 e. The molecule has 0 saturated heterocycles. The van der Waals surface area contributed by atoms with Gasteiger partial charge in [-0.15, -0.1) is 0 Å². The minimum atomic E-state index is -4.76. The maximum absolute atomic E-state index is 12.6. The van der Waals surface area contributed by atoms with Crippen molar-refractivity contribution < 1.29 is 26.9 Å². The molecule has 3 heterocycles. The largest absolute Gasteiger partial charge is 0.471 e. The van der Waals surface area contributed by atoms with Crippen molar-refractivity contribution in [3.8, 4) is 22.8 Å². The van der Waals surface area contributed by atoms with Crippen molar-refractivity contribution in [1.82, 2.24) is 25.4 Å². The normalized spacial score (nSPS) is 11.5. The molecule has 32 heavy (non-hydrogen) atoms. The summed E-state index contributed by atoms with van der Waals surface area (Å²) in [6.07, 6.45) is -0.363. The number of benzene rings is 1. The van der Waals surface area contributed by atoms with Gasteiger partial charge in [0, 0.05) is 41.5 Å². The second-order valence-electron chi connectivity index (χ2n) is 6.54. The number of nitrogens with one attached hydrogen (secondary N) is 1. The van der Waals surface area contributed by atoms with Gasteiger partial charge in [0.1, 0.15) is 6.26 Å². The van der Waals surface area contributed by atoms with Crippen molar-refractivity contribution >= 4 is 17.5 Å². The molecular formula is C20H13ClF3N5O3. The number of carbonyl (C=O) groups excluding carboxylic acids is 1. The highest BCUT2D eigenvalue weighted by Crippen LogP contribution is 2.29. The molecule has 0 atom stereocenters. The topological polar surface area (TPSA) is 107 Å². The summed E-state index contributed by atoms with van der Waals surface area (Å²) in [6, 6.07) is 8.33. The molecular weight excluding hydrogens is 451 g/mol. The van der Waals surface area contributed by atoms with E-state index in [1.165, 1.54) is 24.7 Å². The Balaban J connectivity index is 1.36. The molecule has 0 aliphatic heterocycles. The molecule has 0 aliphatic rings. The van der Waals surface area contributed by atoms with Crippen LogP contribution in [-0.4, -0.2) is 32.6 Å². The first-order chi connectivity index (χ1) is 15.3. The lowest BCUT2D eigenvalue weighted by Crippen LogP contribution is -2.25. The molecule has 3 aromatic heterocycles. The van der Waals surface area contributed by atoms with Crippen LogP contribution in [0.25, 0.3) is 22.8 Å². The zero-order valence-electron chi connectivity index (χ0n) is 16.1. The number of hydrogen-bond acceptors (Lipinski definition) is 7. The van der Waals surface area contributed by atoms with Gasteiger partial charge in [0.15, 0.2) is 0 Å². The molecule has 0 unspecified atom stereocenters. The SMILES string of the molecule is O=C(NCCc1coc(-c2ccc(Cl)cc2)n1)c1cncc(-c2noc(C(F)(F)F)n2)c1. The van der Waals surface area contributed by atoms with Gasteiger partial charge < -0.3 is 14.3 Å². The predicted octanol–water partition coefficient (Wildman–Crippen LogP) is 4.43. The maximum atomic E-state index is 12.6. The second kappa shape index (κ2) is 8.79. The Labute approximate surface area is 183 Å². The lowest BCUT2D eigenvalue weighted by molar-refractivity contribution is -0.159. The minimum absolute atomic E-state index is 0.112. The summed E-state index contributed by atoms with van der Waals surface area (Å²) >= 11 is 5.86. The van der Waals surface area contributed by atoms with Crippen LogP contribution in [-0.2, 0) is 12.6 Å². The average Bonchev–Trinajstić information content (AvgIpc) is 3.44. The summed E-state index contributed by atoms with van der Waals surface area (Å²) in [4.78, 5) is 23.9. The molecule has 1 aromatic carbocycles. The predicted molar refractivity (Wildman–Crippen MR) is 106 cm³/mol. The highest BCUT2D eigenvalue weighted by Gasteiger charge is 2.38. The first-order valence-electron chi connectivity index (χ1n) is 9.14. The lowest BCUT2D eigenvalue weighted by atomic mass is 10.2. The standard InChI is InChI=1S/C20H13ClF3N5O3/c21-14-3-1-11(2-4-14)18-27-15(10-31-18)5-6-26-17(30)13-7-12(8-25-9-13)16-28-19(32-29-16)20(22,23)24/h1-4,7-10H,5-6H2,(H,26,30). The molecule has 0 radical (unpaired) electrons. The van der Waals surface area contributed by atoms with Crippen LogP contribution in [0.1, 0.15) is 21.9 Å². The number of alkyl halides is 3. The van der Waals surface area contributed by atoms with E-state index in [9.17, 15) is 18.0 Å². The fourth-order valence-corrected chi connectivity index (χ4v) is 2.82. The van der Waals surface area contributed by atoms with Gasteiger partial charge in [0.2, 0.25) is 11.7 Å². The third-order valence-electron chi connectivity index (χ3n) is 4.24. The maximum Gasteiger partial charge on any atom is 0.471 e. The summed E-state index contributed by atoms with van der Waals surface area (Å²) < 4.78 is 47.5. The van der Waals surface area contributed by atoms with Gasteiger partial charge in [-0.3, -0.25) is 9.78 Å². The van der Waals surface area contributed by atoms with Gasteiger partial charge in [-0.25, -0.2) is 4.98 Å². The van der Waals surface area contributed by atoms with E-state index >= 15 is 0 Å². The van der Waals surface area contributed by atoms with Gasteiger partial charge >= 0.3 is 12.1 Å². The van der Waals surface area contributed by atoms with E-state index in [1.807, 2.05) is 0 Å². The number of rotatable bonds is 6. The number of pyridine rings is 1. The van der Waals surface area contributed by atoms with Crippen LogP contribution in [0.15, 0.2) is 57.9 Å². The van der Waals surface area contributed by atoms with Crippen LogP contribution < -0.4 is 5.32 Å². The van der Waals surface area contributed by atoms with Gasteiger partial charge in [0.25, 0.3) is 5.91 Å². The Morgan fingerprint density at radius 2 is 1.88 bits per heavy atom. The Morgan fingerprint density at radius 1 is 1.09 bits per heavy atom. The lowest BCUT2D eigenvalue weighted by Gasteiger charge is -2.04. The van der Waals surface area contributed by atoms with Crippen LogP contribution in [0.3, 0.4) is 0 Å². The number of nitrogens with zero attached hydrogens (tertiary/aromatic N) is 4. The van der Waals surface area contributed by atoms with Crippen LogP contribution in [0, 0.1) is 0 Å². The number of amides is 1. The summed E-state index contributed by atoms with van der Waals surface area (Å²) in [6.45, 7) is 0.246.